The predicted octanol–water partition coefficient (Wildman–Crippen LogP) is 3.02. The van der Waals surface area contributed by atoms with Crippen molar-refractivity contribution in [2.24, 2.45) is 5.92 Å². The molecule has 0 aromatic carbocycles. The normalized spacial score (nSPS) is 23.9. The standard InChI is InChI=1S/C17H30N2O2/c1-5-16-12-21-14(4)10-19(16)11-15-6-7-20-17(15)9-18-8-13(2)3/h6-7,13-14,16,18H,5,8-12H2,1-4H3. The Morgan fingerprint density at radius 1 is 1.43 bits per heavy atom. The molecule has 2 unspecified atom stereocenters. The van der Waals surface area contributed by atoms with E-state index >= 15 is 0 Å². The molecule has 1 aliphatic rings. The smallest absolute Gasteiger partial charge is 0.122 e. The van der Waals surface area contributed by atoms with Gasteiger partial charge in [0, 0.05) is 24.7 Å². The SMILES string of the molecule is CCC1COC(C)CN1Cc1ccoc1CNCC(C)C. The molecule has 2 rings (SSSR count). The van der Waals surface area contributed by atoms with Gasteiger partial charge in [-0.2, -0.15) is 0 Å². The zero-order chi connectivity index (χ0) is 15.2. The maximum absolute atomic E-state index is 5.77. The van der Waals surface area contributed by atoms with E-state index in [1.807, 2.05) is 6.26 Å². The quantitative estimate of drug-likeness (QED) is 0.839. The zero-order valence-corrected chi connectivity index (χ0v) is 13.9. The number of nitrogens with one attached hydrogen (secondary N) is 1. The first-order valence-electron chi connectivity index (χ1n) is 8.21. The molecule has 120 valence electrons. The van der Waals surface area contributed by atoms with Gasteiger partial charge < -0.3 is 14.5 Å². The van der Waals surface area contributed by atoms with E-state index in [1.165, 1.54) is 5.56 Å². The first kappa shape index (κ1) is 16.5. The average Bonchev–Trinajstić information content (AvgIpc) is 2.86. The van der Waals surface area contributed by atoms with Gasteiger partial charge in [-0.25, -0.2) is 0 Å². The Bertz CT molecular complexity index is 417. The Morgan fingerprint density at radius 3 is 2.95 bits per heavy atom. The van der Waals surface area contributed by atoms with Crippen LogP contribution in [0.25, 0.3) is 0 Å². The molecule has 1 saturated heterocycles. The zero-order valence-electron chi connectivity index (χ0n) is 13.9. The van der Waals surface area contributed by atoms with E-state index in [0.717, 1.165) is 45.0 Å². The van der Waals surface area contributed by atoms with Gasteiger partial charge in [0.2, 0.25) is 0 Å². The fraction of sp³-hybridized carbons (Fsp3) is 0.765. The second-order valence-electron chi connectivity index (χ2n) is 6.53. The third kappa shape index (κ3) is 4.83. The minimum Gasteiger partial charge on any atom is -0.468 e. The summed E-state index contributed by atoms with van der Waals surface area (Å²) < 4.78 is 11.4. The molecule has 0 spiro atoms. The lowest BCUT2D eigenvalue weighted by Crippen LogP contribution is -2.47. The van der Waals surface area contributed by atoms with Crippen molar-refractivity contribution in [1.29, 1.82) is 0 Å². The van der Waals surface area contributed by atoms with Crippen LogP contribution in [0.3, 0.4) is 0 Å². The van der Waals surface area contributed by atoms with Crippen LogP contribution in [-0.4, -0.2) is 36.7 Å². The van der Waals surface area contributed by atoms with Crippen molar-refractivity contribution in [2.45, 2.75) is 59.4 Å². The van der Waals surface area contributed by atoms with Crippen LogP contribution in [0.2, 0.25) is 0 Å². The Kier molecular flexibility index (Phi) is 6.27. The lowest BCUT2D eigenvalue weighted by Gasteiger charge is -2.38. The Hall–Kier alpha value is -0.840. The van der Waals surface area contributed by atoms with Gasteiger partial charge in [-0.05, 0) is 31.9 Å². The van der Waals surface area contributed by atoms with E-state index in [-0.39, 0.29) is 0 Å². The second-order valence-corrected chi connectivity index (χ2v) is 6.53. The van der Waals surface area contributed by atoms with Gasteiger partial charge in [0.05, 0.1) is 25.5 Å². The van der Waals surface area contributed by atoms with Crippen molar-refractivity contribution >= 4 is 0 Å². The maximum atomic E-state index is 5.77. The third-order valence-corrected chi connectivity index (χ3v) is 4.10. The molecule has 0 bridgehead atoms. The van der Waals surface area contributed by atoms with Crippen LogP contribution in [0.15, 0.2) is 16.7 Å². The van der Waals surface area contributed by atoms with E-state index in [1.54, 1.807) is 0 Å². The number of morpholine rings is 1. The van der Waals surface area contributed by atoms with Gasteiger partial charge in [0.15, 0.2) is 0 Å². The Morgan fingerprint density at radius 2 is 2.24 bits per heavy atom. The van der Waals surface area contributed by atoms with Gasteiger partial charge in [-0.3, -0.25) is 4.90 Å². The van der Waals surface area contributed by atoms with Gasteiger partial charge in [0.25, 0.3) is 0 Å². The molecule has 2 heterocycles. The van der Waals surface area contributed by atoms with Gasteiger partial charge in [0.1, 0.15) is 5.76 Å². The van der Waals surface area contributed by atoms with E-state index in [0.29, 0.717) is 18.1 Å². The van der Waals surface area contributed by atoms with Crippen LogP contribution in [0.1, 0.15) is 45.4 Å². The van der Waals surface area contributed by atoms with E-state index in [2.05, 4.69) is 44.0 Å². The van der Waals surface area contributed by atoms with Gasteiger partial charge in [-0.1, -0.05) is 20.8 Å². The molecular weight excluding hydrogens is 264 g/mol. The van der Waals surface area contributed by atoms with E-state index in [9.17, 15) is 0 Å². The number of furan rings is 1. The van der Waals surface area contributed by atoms with Gasteiger partial charge >= 0.3 is 0 Å². The van der Waals surface area contributed by atoms with Crippen LogP contribution in [0, 0.1) is 5.92 Å². The molecule has 1 aromatic rings. The number of hydrogen-bond donors (Lipinski definition) is 1. The van der Waals surface area contributed by atoms with Crippen LogP contribution in [0.5, 0.6) is 0 Å². The third-order valence-electron chi connectivity index (χ3n) is 4.10. The summed E-state index contributed by atoms with van der Waals surface area (Å²) in [7, 11) is 0. The number of rotatable bonds is 7. The highest BCUT2D eigenvalue weighted by molar-refractivity contribution is 5.17. The second kappa shape index (κ2) is 7.97. The molecule has 0 radical (unpaired) electrons. The molecule has 1 aromatic heterocycles. The first-order valence-corrected chi connectivity index (χ1v) is 8.21. The summed E-state index contributed by atoms with van der Waals surface area (Å²) >= 11 is 0. The van der Waals surface area contributed by atoms with Crippen LogP contribution in [0.4, 0.5) is 0 Å². The minimum absolute atomic E-state index is 0.321. The first-order chi connectivity index (χ1) is 10.1. The average molecular weight is 294 g/mol. The molecule has 4 heteroatoms. The Balaban J connectivity index is 1.93. The van der Waals surface area contributed by atoms with Crippen molar-refractivity contribution in [3.8, 4) is 0 Å². The van der Waals surface area contributed by atoms with Crippen molar-refractivity contribution in [3.63, 3.8) is 0 Å². The Labute approximate surface area is 128 Å². The van der Waals surface area contributed by atoms with Crippen molar-refractivity contribution in [2.75, 3.05) is 19.7 Å². The minimum atomic E-state index is 0.321. The van der Waals surface area contributed by atoms with E-state index < -0.39 is 0 Å². The molecule has 1 aliphatic heterocycles. The molecule has 21 heavy (non-hydrogen) atoms. The molecule has 0 amide bonds. The fourth-order valence-electron chi connectivity index (χ4n) is 2.84. The lowest BCUT2D eigenvalue weighted by atomic mass is 10.1. The monoisotopic (exact) mass is 294 g/mol. The highest BCUT2D eigenvalue weighted by atomic mass is 16.5. The summed E-state index contributed by atoms with van der Waals surface area (Å²) in [5, 5.41) is 3.46. The van der Waals surface area contributed by atoms with E-state index in [4.69, 9.17) is 9.15 Å². The largest absolute Gasteiger partial charge is 0.468 e. The van der Waals surface area contributed by atoms with Gasteiger partial charge in [-0.15, -0.1) is 0 Å². The highest BCUT2D eigenvalue weighted by Gasteiger charge is 2.26. The summed E-state index contributed by atoms with van der Waals surface area (Å²) in [6.07, 6.45) is 3.26. The molecule has 1 N–H and O–H groups in total. The summed E-state index contributed by atoms with van der Waals surface area (Å²) in [5.41, 5.74) is 1.30. The molecular formula is C17H30N2O2. The fourth-order valence-corrected chi connectivity index (χ4v) is 2.84. The maximum Gasteiger partial charge on any atom is 0.122 e. The number of ether oxygens (including phenoxy) is 1. The summed E-state index contributed by atoms with van der Waals surface area (Å²) in [6, 6.07) is 2.63. The summed E-state index contributed by atoms with van der Waals surface area (Å²) in [4.78, 5) is 2.53. The molecule has 1 fully saturated rings. The van der Waals surface area contributed by atoms with Crippen LogP contribution >= 0.6 is 0 Å². The molecule has 4 nitrogen and oxygen atoms in total. The molecule has 0 saturated carbocycles. The van der Waals surface area contributed by atoms with Crippen molar-refractivity contribution in [3.05, 3.63) is 23.7 Å². The van der Waals surface area contributed by atoms with Crippen molar-refractivity contribution < 1.29 is 9.15 Å². The summed E-state index contributed by atoms with van der Waals surface area (Å²) in [6.45, 7) is 13.5. The number of nitrogens with zero attached hydrogens (tertiary/aromatic N) is 1. The highest BCUT2D eigenvalue weighted by Crippen LogP contribution is 2.20. The predicted molar refractivity (Wildman–Crippen MR) is 85.2 cm³/mol. The molecule has 2 atom stereocenters. The van der Waals surface area contributed by atoms with Crippen LogP contribution < -0.4 is 5.32 Å². The topological polar surface area (TPSA) is 37.6 Å². The van der Waals surface area contributed by atoms with Crippen molar-refractivity contribution in [1.82, 2.24) is 10.2 Å². The molecule has 0 aliphatic carbocycles. The number of hydrogen-bond acceptors (Lipinski definition) is 4. The lowest BCUT2D eigenvalue weighted by molar-refractivity contribution is -0.0593. The summed E-state index contributed by atoms with van der Waals surface area (Å²) in [5.74, 6) is 1.73. The van der Waals surface area contributed by atoms with Crippen LogP contribution in [-0.2, 0) is 17.8 Å².